The molecule has 0 spiro atoms. The molecule has 1 aromatic carbocycles. The van der Waals surface area contributed by atoms with E-state index in [1.165, 1.54) is 17.3 Å². The number of pyridine rings is 1. The van der Waals surface area contributed by atoms with Crippen LogP contribution in [0.15, 0.2) is 53.8 Å². The lowest BCUT2D eigenvalue weighted by Crippen LogP contribution is -2.25. The van der Waals surface area contributed by atoms with Crippen molar-refractivity contribution < 1.29 is 14.7 Å². The number of carbonyl (C=O) groups excluding carboxylic acids is 2. The van der Waals surface area contributed by atoms with Gasteiger partial charge in [0, 0.05) is 25.5 Å². The minimum Gasteiger partial charge on any atom is -0.504 e. The lowest BCUT2D eigenvalue weighted by molar-refractivity contribution is -0.132. The second-order valence-electron chi connectivity index (χ2n) is 5.60. The van der Waals surface area contributed by atoms with E-state index in [1.807, 2.05) is 30.3 Å². The number of aromatic hydroxyl groups is 1. The zero-order valence-corrected chi connectivity index (χ0v) is 13.6. The second-order valence-corrected chi connectivity index (χ2v) is 5.60. The summed E-state index contributed by atoms with van der Waals surface area (Å²) < 4.78 is 0. The Morgan fingerprint density at radius 2 is 1.92 bits per heavy atom. The third kappa shape index (κ3) is 4.20. The molecule has 0 fully saturated rings. The van der Waals surface area contributed by atoms with Crippen molar-refractivity contribution >= 4 is 23.3 Å². The van der Waals surface area contributed by atoms with E-state index in [0.717, 1.165) is 11.3 Å². The number of nitrogens with one attached hydrogen (secondary N) is 1. The van der Waals surface area contributed by atoms with Gasteiger partial charge in [-0.25, -0.2) is 9.99 Å². The van der Waals surface area contributed by atoms with Crippen LogP contribution in [0.5, 0.6) is 5.75 Å². The van der Waals surface area contributed by atoms with Crippen molar-refractivity contribution in [3.63, 3.8) is 0 Å². The first-order valence-corrected chi connectivity index (χ1v) is 8.00. The van der Waals surface area contributed by atoms with E-state index in [-0.39, 0.29) is 36.2 Å². The van der Waals surface area contributed by atoms with Gasteiger partial charge in [-0.3, -0.25) is 9.59 Å². The summed E-state index contributed by atoms with van der Waals surface area (Å²) in [4.78, 5) is 28.0. The van der Waals surface area contributed by atoms with Crippen LogP contribution < -0.4 is 5.32 Å². The molecule has 0 bridgehead atoms. The van der Waals surface area contributed by atoms with Gasteiger partial charge in [0.2, 0.25) is 11.8 Å². The Labute approximate surface area is 145 Å². The van der Waals surface area contributed by atoms with E-state index >= 15 is 0 Å². The van der Waals surface area contributed by atoms with Gasteiger partial charge < -0.3 is 10.4 Å². The minimum atomic E-state index is -0.381. The Morgan fingerprint density at radius 1 is 1.12 bits per heavy atom. The largest absolute Gasteiger partial charge is 0.504 e. The smallest absolute Gasteiger partial charge is 0.243 e. The van der Waals surface area contributed by atoms with Crippen LogP contribution in [-0.4, -0.2) is 39.2 Å². The minimum absolute atomic E-state index is 0.00153. The average molecular weight is 338 g/mol. The van der Waals surface area contributed by atoms with Crippen LogP contribution in [0.3, 0.4) is 0 Å². The first-order valence-electron chi connectivity index (χ1n) is 8.00. The number of nitrogens with zero attached hydrogens (tertiary/aromatic N) is 3. The predicted octanol–water partition coefficient (Wildman–Crippen LogP) is 2.14. The molecule has 0 radical (unpaired) electrons. The molecule has 3 rings (SSSR count). The highest BCUT2D eigenvalue weighted by Gasteiger charge is 2.22. The summed E-state index contributed by atoms with van der Waals surface area (Å²) in [6.07, 6.45) is 2.21. The van der Waals surface area contributed by atoms with Gasteiger partial charge >= 0.3 is 0 Å². The number of benzene rings is 1. The van der Waals surface area contributed by atoms with Crippen molar-refractivity contribution in [2.24, 2.45) is 5.10 Å². The quantitative estimate of drug-likeness (QED) is 0.873. The Hall–Kier alpha value is -3.22. The number of carbonyl (C=O) groups is 2. The van der Waals surface area contributed by atoms with E-state index in [2.05, 4.69) is 15.4 Å². The number of aromatic nitrogens is 1. The Kier molecular flexibility index (Phi) is 5.03. The highest BCUT2D eigenvalue weighted by molar-refractivity contribution is 6.02. The first-order chi connectivity index (χ1) is 12.1. The fourth-order valence-corrected chi connectivity index (χ4v) is 2.51. The predicted molar refractivity (Wildman–Crippen MR) is 93.1 cm³/mol. The molecule has 7 heteroatoms. The van der Waals surface area contributed by atoms with Crippen molar-refractivity contribution in [2.45, 2.75) is 19.3 Å². The molecule has 128 valence electrons. The van der Waals surface area contributed by atoms with Gasteiger partial charge in [0.1, 0.15) is 0 Å². The molecule has 1 aliphatic rings. The van der Waals surface area contributed by atoms with Gasteiger partial charge in [0.05, 0.1) is 12.3 Å². The van der Waals surface area contributed by atoms with Crippen molar-refractivity contribution in [2.75, 3.05) is 11.9 Å². The van der Waals surface area contributed by atoms with Gasteiger partial charge in [-0.15, -0.1) is 0 Å². The van der Waals surface area contributed by atoms with E-state index in [4.69, 9.17) is 0 Å². The number of hydrogen-bond acceptors (Lipinski definition) is 5. The monoisotopic (exact) mass is 338 g/mol. The summed E-state index contributed by atoms with van der Waals surface area (Å²) in [5.74, 6) is -0.607. The van der Waals surface area contributed by atoms with Gasteiger partial charge in [0.15, 0.2) is 11.6 Å². The third-order valence-corrected chi connectivity index (χ3v) is 3.81. The van der Waals surface area contributed by atoms with Crippen LogP contribution >= 0.6 is 0 Å². The summed E-state index contributed by atoms with van der Waals surface area (Å²) >= 11 is 0. The number of amides is 2. The van der Waals surface area contributed by atoms with Crippen LogP contribution in [0.4, 0.5) is 5.82 Å². The first kappa shape index (κ1) is 16.6. The van der Waals surface area contributed by atoms with E-state index in [0.29, 0.717) is 13.0 Å². The molecule has 0 atom stereocenters. The number of rotatable bonds is 5. The van der Waals surface area contributed by atoms with Crippen LogP contribution in [-0.2, 0) is 9.59 Å². The molecule has 2 amide bonds. The normalized spacial score (nSPS) is 13.4. The van der Waals surface area contributed by atoms with Crippen LogP contribution in [0.1, 0.15) is 24.8 Å². The van der Waals surface area contributed by atoms with Crippen molar-refractivity contribution in [3.05, 3.63) is 54.2 Å². The Balaban J connectivity index is 1.52. The second kappa shape index (κ2) is 7.57. The molecule has 25 heavy (non-hydrogen) atoms. The summed E-state index contributed by atoms with van der Waals surface area (Å²) in [5, 5.41) is 17.8. The maximum absolute atomic E-state index is 12.2. The molecule has 0 saturated heterocycles. The third-order valence-electron chi connectivity index (χ3n) is 3.81. The highest BCUT2D eigenvalue weighted by Crippen LogP contribution is 2.19. The van der Waals surface area contributed by atoms with Gasteiger partial charge in [-0.05, 0) is 17.7 Å². The van der Waals surface area contributed by atoms with E-state index < -0.39 is 0 Å². The summed E-state index contributed by atoms with van der Waals surface area (Å²) in [6, 6.07) is 12.7. The van der Waals surface area contributed by atoms with Crippen LogP contribution in [0.25, 0.3) is 0 Å². The molecule has 2 heterocycles. The lowest BCUT2D eigenvalue weighted by atomic mass is 10.1. The molecule has 2 aromatic rings. The lowest BCUT2D eigenvalue weighted by Gasteiger charge is -2.11. The van der Waals surface area contributed by atoms with E-state index in [1.54, 1.807) is 6.07 Å². The molecule has 0 unspecified atom stereocenters. The highest BCUT2D eigenvalue weighted by atomic mass is 16.3. The SMILES string of the molecule is O=C(CCC(=O)N1CCC(c2ccccc2)=N1)Nc1ncccc1O. The average Bonchev–Trinajstić information content (AvgIpc) is 3.13. The van der Waals surface area contributed by atoms with Crippen LogP contribution in [0, 0.1) is 0 Å². The van der Waals surface area contributed by atoms with Gasteiger partial charge in [-0.2, -0.15) is 5.10 Å². The van der Waals surface area contributed by atoms with Crippen LogP contribution in [0.2, 0.25) is 0 Å². The molecular formula is C18H18N4O3. The van der Waals surface area contributed by atoms with E-state index in [9.17, 15) is 14.7 Å². The molecular weight excluding hydrogens is 320 g/mol. The van der Waals surface area contributed by atoms with Crippen molar-refractivity contribution in [3.8, 4) is 5.75 Å². The standard InChI is InChI=1S/C18H18N4O3/c23-15-7-4-11-19-18(15)20-16(24)8-9-17(25)22-12-10-14(21-22)13-5-2-1-3-6-13/h1-7,11,23H,8-10,12H2,(H,19,20,24). The summed E-state index contributed by atoms with van der Waals surface area (Å²) in [6.45, 7) is 0.520. The topological polar surface area (TPSA) is 94.9 Å². The van der Waals surface area contributed by atoms with Gasteiger partial charge in [-0.1, -0.05) is 30.3 Å². The molecule has 1 aliphatic heterocycles. The number of hydrazone groups is 1. The fourth-order valence-electron chi connectivity index (χ4n) is 2.51. The van der Waals surface area contributed by atoms with Crippen molar-refractivity contribution in [1.82, 2.24) is 9.99 Å². The molecule has 1 aromatic heterocycles. The fraction of sp³-hybridized carbons (Fsp3) is 0.222. The summed E-state index contributed by atoms with van der Waals surface area (Å²) in [7, 11) is 0. The molecule has 2 N–H and O–H groups in total. The Bertz CT molecular complexity index is 805. The molecule has 0 aliphatic carbocycles. The maximum Gasteiger partial charge on any atom is 0.243 e. The number of hydrogen-bond donors (Lipinski definition) is 2. The summed E-state index contributed by atoms with van der Waals surface area (Å²) in [5.41, 5.74) is 1.87. The van der Waals surface area contributed by atoms with Gasteiger partial charge in [0.25, 0.3) is 0 Å². The zero-order chi connectivity index (χ0) is 17.6. The maximum atomic E-state index is 12.2. The molecule has 7 nitrogen and oxygen atoms in total. The zero-order valence-electron chi connectivity index (χ0n) is 13.6. The Morgan fingerprint density at radius 3 is 2.68 bits per heavy atom. The number of anilines is 1. The van der Waals surface area contributed by atoms with Crippen molar-refractivity contribution in [1.29, 1.82) is 0 Å². The molecule has 0 saturated carbocycles.